The first kappa shape index (κ1) is 13.6. The Kier molecular flexibility index (Phi) is 7.67. The lowest BCUT2D eigenvalue weighted by atomic mass is 10.2. The molecule has 0 fully saturated rings. The van der Waals surface area contributed by atoms with Crippen LogP contribution in [-0.4, -0.2) is 9.79 Å². The maximum Gasteiger partial charge on any atom is 0.323 e. The first-order chi connectivity index (χ1) is 6.52. The number of rotatable bonds is 2. The Hall–Kier alpha value is -0.440. The van der Waals surface area contributed by atoms with Gasteiger partial charge < -0.3 is 9.79 Å². The second-order valence-electron chi connectivity index (χ2n) is 2.29. The van der Waals surface area contributed by atoms with E-state index in [2.05, 4.69) is 23.4 Å². The van der Waals surface area contributed by atoms with E-state index < -0.39 is 16.5 Å². The fourth-order valence-electron chi connectivity index (χ4n) is 0.609. The van der Waals surface area contributed by atoms with Gasteiger partial charge in [-0.3, -0.25) is 9.13 Å². The molecule has 0 amide bonds. The highest BCUT2D eigenvalue weighted by Gasteiger charge is 1.93. The zero-order valence-electron chi connectivity index (χ0n) is 7.51. The maximum atomic E-state index is 9.44. The Labute approximate surface area is 83.3 Å². The summed E-state index contributed by atoms with van der Waals surface area (Å²) in [6.07, 6.45) is 0. The van der Waals surface area contributed by atoms with E-state index in [0.29, 0.717) is 0 Å². The van der Waals surface area contributed by atoms with Crippen molar-refractivity contribution in [2.45, 2.75) is 6.92 Å². The number of aryl methyl sites for hydroxylation is 1. The molecule has 5 nitrogen and oxygen atoms in total. The smallest absolute Gasteiger partial charge is 0.323 e. The molecule has 0 aromatic heterocycles. The summed E-state index contributed by atoms with van der Waals surface area (Å²) < 4.78 is 22.3. The molecular formula is C7H12O5P2. The standard InChI is InChI=1S/C7H8.H4O5P2/c1-7-5-3-2-4-6-7;1-6(2)5-7(3)4/h2-6H,1H3;6-7H,(H,1,2)(H,3,4). The summed E-state index contributed by atoms with van der Waals surface area (Å²) in [4.78, 5) is 15.4. The van der Waals surface area contributed by atoms with Gasteiger partial charge in [0.25, 0.3) is 0 Å². The number of hydrogen-bond donors (Lipinski definition) is 2. The zero-order chi connectivity index (χ0) is 11.0. The Morgan fingerprint density at radius 1 is 1.07 bits per heavy atom. The first-order valence-corrected chi connectivity index (χ1v) is 6.20. The van der Waals surface area contributed by atoms with Gasteiger partial charge in [-0.25, -0.2) is 4.31 Å². The Morgan fingerprint density at radius 2 is 1.50 bits per heavy atom. The lowest BCUT2D eigenvalue weighted by Crippen LogP contribution is -1.62. The predicted molar refractivity (Wildman–Crippen MR) is 54.7 cm³/mol. The van der Waals surface area contributed by atoms with Gasteiger partial charge in [-0.1, -0.05) is 35.9 Å². The van der Waals surface area contributed by atoms with Crippen LogP contribution in [-0.2, 0) is 13.4 Å². The van der Waals surface area contributed by atoms with Crippen molar-refractivity contribution in [2.24, 2.45) is 0 Å². The minimum absolute atomic E-state index is 1.32. The Bertz CT molecular complexity index is 288. The molecule has 0 aliphatic carbocycles. The minimum Gasteiger partial charge on any atom is -0.326 e. The van der Waals surface area contributed by atoms with Crippen LogP contribution in [0.5, 0.6) is 0 Å². The summed E-state index contributed by atoms with van der Waals surface area (Å²) in [7, 11) is -6.40. The van der Waals surface area contributed by atoms with E-state index in [0.717, 1.165) is 0 Å². The van der Waals surface area contributed by atoms with Crippen molar-refractivity contribution in [2.75, 3.05) is 0 Å². The van der Waals surface area contributed by atoms with Crippen LogP contribution in [0.25, 0.3) is 0 Å². The molecule has 0 bridgehead atoms. The molecule has 0 saturated heterocycles. The Morgan fingerprint density at radius 3 is 1.64 bits per heavy atom. The van der Waals surface area contributed by atoms with Gasteiger partial charge in [-0.05, 0) is 6.92 Å². The first-order valence-electron chi connectivity index (χ1n) is 3.67. The molecule has 1 aromatic rings. The molecule has 14 heavy (non-hydrogen) atoms. The quantitative estimate of drug-likeness (QED) is 0.767. The monoisotopic (exact) mass is 238 g/mol. The highest BCUT2D eigenvalue weighted by Crippen LogP contribution is 2.30. The van der Waals surface area contributed by atoms with E-state index >= 15 is 0 Å². The molecule has 1 aromatic carbocycles. The van der Waals surface area contributed by atoms with Gasteiger partial charge in [-0.2, -0.15) is 0 Å². The highest BCUT2D eigenvalue weighted by molar-refractivity contribution is 7.46. The van der Waals surface area contributed by atoms with Crippen LogP contribution < -0.4 is 0 Å². The van der Waals surface area contributed by atoms with Crippen molar-refractivity contribution in [1.29, 1.82) is 0 Å². The molecule has 1 rings (SSSR count). The van der Waals surface area contributed by atoms with Gasteiger partial charge >= 0.3 is 16.5 Å². The molecule has 0 spiro atoms. The second-order valence-corrected chi connectivity index (χ2v) is 4.17. The largest absolute Gasteiger partial charge is 0.326 e. The molecule has 2 unspecified atom stereocenters. The van der Waals surface area contributed by atoms with Crippen LogP contribution in [0.4, 0.5) is 0 Å². The van der Waals surface area contributed by atoms with E-state index in [4.69, 9.17) is 9.79 Å². The van der Waals surface area contributed by atoms with Crippen LogP contribution in [0.2, 0.25) is 0 Å². The van der Waals surface area contributed by atoms with Gasteiger partial charge in [0.15, 0.2) is 0 Å². The van der Waals surface area contributed by atoms with Crippen molar-refractivity contribution in [3.8, 4) is 0 Å². The molecular weight excluding hydrogens is 226 g/mol. The van der Waals surface area contributed by atoms with Gasteiger partial charge in [0.1, 0.15) is 0 Å². The summed E-state index contributed by atoms with van der Waals surface area (Å²) in [5.41, 5.74) is 1.32. The van der Waals surface area contributed by atoms with Crippen LogP contribution in [0.3, 0.4) is 0 Å². The normalized spacial score (nSPS) is 13.6. The molecule has 0 aliphatic heterocycles. The van der Waals surface area contributed by atoms with E-state index in [1.165, 1.54) is 5.56 Å². The minimum atomic E-state index is -3.20. The second kappa shape index (κ2) is 7.92. The third-order valence-corrected chi connectivity index (χ3v) is 2.51. The zero-order valence-corrected chi connectivity index (χ0v) is 9.51. The van der Waals surface area contributed by atoms with E-state index in [9.17, 15) is 9.13 Å². The van der Waals surface area contributed by atoms with Gasteiger partial charge in [0, 0.05) is 0 Å². The fraction of sp³-hybridized carbons (Fsp3) is 0.143. The van der Waals surface area contributed by atoms with Gasteiger partial charge in [0.05, 0.1) is 0 Å². The summed E-state index contributed by atoms with van der Waals surface area (Å²) in [5.74, 6) is 0. The highest BCUT2D eigenvalue weighted by atomic mass is 31.2. The molecule has 0 aliphatic rings. The van der Waals surface area contributed by atoms with E-state index in [-0.39, 0.29) is 0 Å². The molecule has 0 radical (unpaired) electrons. The van der Waals surface area contributed by atoms with Crippen LogP contribution in [0.15, 0.2) is 30.3 Å². The fourth-order valence-corrected chi connectivity index (χ4v) is 1.21. The number of benzene rings is 1. The average molecular weight is 238 g/mol. The lowest BCUT2D eigenvalue weighted by Gasteiger charge is -1.86. The van der Waals surface area contributed by atoms with Crippen molar-refractivity contribution in [1.82, 2.24) is 0 Å². The molecule has 2 N–H and O–H groups in total. The van der Waals surface area contributed by atoms with Crippen molar-refractivity contribution in [3.63, 3.8) is 0 Å². The number of hydrogen-bond acceptors (Lipinski definition) is 3. The SMILES string of the molecule is Cc1ccccc1.O=[PH](O)O[PH](=O)O. The van der Waals surface area contributed by atoms with Crippen molar-refractivity contribution >= 4 is 16.5 Å². The summed E-state index contributed by atoms with van der Waals surface area (Å²) in [6.45, 7) is 2.08. The Balaban J connectivity index is 0.000000241. The molecule has 0 heterocycles. The average Bonchev–Trinajstić information content (AvgIpc) is 2.03. The van der Waals surface area contributed by atoms with E-state index in [1.54, 1.807) is 0 Å². The van der Waals surface area contributed by atoms with Crippen LogP contribution >= 0.6 is 16.5 Å². The van der Waals surface area contributed by atoms with Crippen LogP contribution in [0, 0.1) is 6.92 Å². The topological polar surface area (TPSA) is 83.8 Å². The molecule has 80 valence electrons. The van der Waals surface area contributed by atoms with Gasteiger partial charge in [0.2, 0.25) is 0 Å². The molecule has 2 atom stereocenters. The lowest BCUT2D eigenvalue weighted by molar-refractivity contribution is 0.371. The van der Waals surface area contributed by atoms with Crippen molar-refractivity contribution < 1.29 is 23.2 Å². The summed E-state index contributed by atoms with van der Waals surface area (Å²) in [6, 6.07) is 10.3. The molecule has 7 heteroatoms. The maximum absolute atomic E-state index is 9.44. The van der Waals surface area contributed by atoms with Crippen molar-refractivity contribution in [3.05, 3.63) is 35.9 Å². The third-order valence-electron chi connectivity index (χ3n) is 1.12. The van der Waals surface area contributed by atoms with Crippen LogP contribution in [0.1, 0.15) is 5.56 Å². The van der Waals surface area contributed by atoms with E-state index in [1.807, 2.05) is 18.2 Å². The molecule has 0 saturated carbocycles. The third kappa shape index (κ3) is 9.65. The summed E-state index contributed by atoms with van der Waals surface area (Å²) in [5, 5.41) is 0. The predicted octanol–water partition coefficient (Wildman–Crippen LogP) is 1.76. The van der Waals surface area contributed by atoms with Gasteiger partial charge in [-0.15, -0.1) is 0 Å². The summed E-state index contributed by atoms with van der Waals surface area (Å²) >= 11 is 0.